The molecule has 1 heterocycles. The van der Waals surface area contributed by atoms with Crippen LogP contribution in [0.5, 0.6) is 0 Å². The van der Waals surface area contributed by atoms with Gasteiger partial charge in [0.1, 0.15) is 21.9 Å². The summed E-state index contributed by atoms with van der Waals surface area (Å²) in [5.41, 5.74) is 3.08. The van der Waals surface area contributed by atoms with Crippen molar-refractivity contribution in [3.63, 3.8) is 0 Å². The SMILES string of the molecule is CC(=N[S+]([O-])C(C)(C)C)c1cc(C)cc2c(=O)n(C)c(C3CCC3)nc12. The van der Waals surface area contributed by atoms with Gasteiger partial charge in [0.05, 0.1) is 16.6 Å². The second-order valence-electron chi connectivity index (χ2n) is 8.21. The highest BCUT2D eigenvalue weighted by Crippen LogP contribution is 2.35. The van der Waals surface area contributed by atoms with Crippen LogP contribution in [0.25, 0.3) is 10.9 Å². The average molecular weight is 374 g/mol. The predicted octanol–water partition coefficient (Wildman–Crippen LogP) is 3.78. The van der Waals surface area contributed by atoms with Crippen LogP contribution in [0.1, 0.15) is 69.8 Å². The second kappa shape index (κ2) is 6.82. The highest BCUT2D eigenvalue weighted by molar-refractivity contribution is 7.91. The van der Waals surface area contributed by atoms with E-state index in [1.54, 1.807) is 11.6 Å². The number of hydrogen-bond acceptors (Lipinski definition) is 4. The molecule has 2 aromatic rings. The maximum atomic E-state index is 12.9. The molecule has 1 aromatic heterocycles. The Morgan fingerprint density at radius 3 is 2.54 bits per heavy atom. The Morgan fingerprint density at radius 2 is 2.00 bits per heavy atom. The summed E-state index contributed by atoms with van der Waals surface area (Å²) in [6.45, 7) is 9.50. The third-order valence-corrected chi connectivity index (χ3v) is 6.45. The normalized spacial score (nSPS) is 17.4. The molecule has 0 spiro atoms. The predicted molar refractivity (Wildman–Crippen MR) is 108 cm³/mol. The Labute approximate surface area is 157 Å². The van der Waals surface area contributed by atoms with Crippen LogP contribution in [-0.2, 0) is 18.4 Å². The molecule has 1 unspecified atom stereocenters. The third-order valence-electron chi connectivity index (χ3n) is 4.96. The molecule has 3 rings (SSSR count). The minimum Gasteiger partial charge on any atom is -0.591 e. The summed E-state index contributed by atoms with van der Waals surface area (Å²) >= 11 is -1.35. The molecule has 26 heavy (non-hydrogen) atoms. The summed E-state index contributed by atoms with van der Waals surface area (Å²) in [5.74, 6) is 1.20. The fraction of sp³-hybridized carbons (Fsp3) is 0.550. The van der Waals surface area contributed by atoms with E-state index in [0.717, 1.165) is 29.8 Å². The number of benzene rings is 1. The van der Waals surface area contributed by atoms with E-state index in [-0.39, 0.29) is 5.56 Å². The van der Waals surface area contributed by atoms with Gasteiger partial charge in [0.2, 0.25) is 0 Å². The van der Waals surface area contributed by atoms with Crippen molar-refractivity contribution >= 4 is 28.0 Å². The van der Waals surface area contributed by atoms with Crippen molar-refractivity contribution in [2.24, 2.45) is 11.4 Å². The zero-order chi connectivity index (χ0) is 19.2. The summed E-state index contributed by atoms with van der Waals surface area (Å²) < 4.78 is 18.1. The number of aryl methyl sites for hydroxylation is 1. The molecule has 1 atom stereocenters. The van der Waals surface area contributed by atoms with Gasteiger partial charge in [-0.1, -0.05) is 10.8 Å². The topological polar surface area (TPSA) is 70.3 Å². The Morgan fingerprint density at radius 1 is 1.35 bits per heavy atom. The minimum absolute atomic E-state index is 0.0217. The molecule has 5 nitrogen and oxygen atoms in total. The smallest absolute Gasteiger partial charge is 0.261 e. The first-order chi connectivity index (χ1) is 12.1. The van der Waals surface area contributed by atoms with Gasteiger partial charge in [-0.15, -0.1) is 0 Å². The fourth-order valence-electron chi connectivity index (χ4n) is 3.15. The van der Waals surface area contributed by atoms with Crippen LogP contribution in [0, 0.1) is 6.92 Å². The van der Waals surface area contributed by atoms with Crippen molar-refractivity contribution in [2.45, 2.75) is 64.5 Å². The first-order valence-electron chi connectivity index (χ1n) is 9.08. The van der Waals surface area contributed by atoms with E-state index in [9.17, 15) is 9.35 Å². The number of aromatic nitrogens is 2. The molecular weight excluding hydrogens is 346 g/mol. The van der Waals surface area contributed by atoms with Gasteiger partial charge in [-0.05, 0) is 65.2 Å². The Hall–Kier alpha value is -1.66. The van der Waals surface area contributed by atoms with Crippen molar-refractivity contribution in [3.05, 3.63) is 39.4 Å². The fourth-order valence-corrected chi connectivity index (χ4v) is 3.78. The lowest BCUT2D eigenvalue weighted by Gasteiger charge is -2.26. The number of hydrogen-bond donors (Lipinski definition) is 0. The lowest BCUT2D eigenvalue weighted by atomic mass is 9.84. The summed E-state index contributed by atoms with van der Waals surface area (Å²) in [6, 6.07) is 3.87. The van der Waals surface area contributed by atoms with E-state index >= 15 is 0 Å². The maximum absolute atomic E-state index is 12.9. The monoisotopic (exact) mass is 373 g/mol. The van der Waals surface area contributed by atoms with Gasteiger partial charge in [0.15, 0.2) is 0 Å². The molecule has 1 saturated carbocycles. The van der Waals surface area contributed by atoms with Crippen LogP contribution in [0.4, 0.5) is 0 Å². The van der Waals surface area contributed by atoms with E-state index in [4.69, 9.17) is 4.98 Å². The van der Waals surface area contributed by atoms with E-state index in [1.165, 1.54) is 6.42 Å². The lowest BCUT2D eigenvalue weighted by molar-refractivity contribution is 0.389. The quantitative estimate of drug-likeness (QED) is 0.607. The first-order valence-corrected chi connectivity index (χ1v) is 10.2. The van der Waals surface area contributed by atoms with Crippen LogP contribution in [0.2, 0.25) is 0 Å². The number of nitrogens with zero attached hydrogens (tertiary/aromatic N) is 3. The Bertz CT molecular complexity index is 937. The highest BCUT2D eigenvalue weighted by Gasteiger charge is 2.28. The molecule has 0 radical (unpaired) electrons. The van der Waals surface area contributed by atoms with Crippen LogP contribution < -0.4 is 5.56 Å². The van der Waals surface area contributed by atoms with Crippen molar-refractivity contribution in [1.29, 1.82) is 0 Å². The maximum Gasteiger partial charge on any atom is 0.261 e. The summed E-state index contributed by atoms with van der Waals surface area (Å²) in [4.78, 5) is 17.8. The van der Waals surface area contributed by atoms with Crippen molar-refractivity contribution in [1.82, 2.24) is 9.55 Å². The van der Waals surface area contributed by atoms with Crippen LogP contribution in [0.15, 0.2) is 21.3 Å². The number of fused-ring (bicyclic) bond motifs is 1. The molecule has 1 aromatic carbocycles. The van der Waals surface area contributed by atoms with Crippen molar-refractivity contribution in [2.75, 3.05) is 0 Å². The van der Waals surface area contributed by atoms with Gasteiger partial charge in [-0.2, -0.15) is 0 Å². The summed E-state index contributed by atoms with van der Waals surface area (Å²) in [6.07, 6.45) is 3.34. The lowest BCUT2D eigenvalue weighted by Crippen LogP contribution is -2.28. The van der Waals surface area contributed by atoms with E-state index in [0.29, 0.717) is 22.5 Å². The van der Waals surface area contributed by atoms with Crippen LogP contribution in [0.3, 0.4) is 0 Å². The molecule has 6 heteroatoms. The molecule has 140 valence electrons. The van der Waals surface area contributed by atoms with Crippen molar-refractivity contribution in [3.8, 4) is 0 Å². The molecular formula is C20H27N3O2S. The van der Waals surface area contributed by atoms with Crippen LogP contribution >= 0.6 is 0 Å². The summed E-state index contributed by atoms with van der Waals surface area (Å²) in [5, 5.41) is 0.599. The Kier molecular flexibility index (Phi) is 5.01. The minimum atomic E-state index is -1.35. The molecule has 1 aliphatic rings. The van der Waals surface area contributed by atoms with Gasteiger partial charge < -0.3 is 4.55 Å². The molecule has 0 aliphatic heterocycles. The number of rotatable bonds is 3. The first kappa shape index (κ1) is 19.1. The average Bonchev–Trinajstić information content (AvgIpc) is 2.49. The second-order valence-corrected chi connectivity index (χ2v) is 10.1. The largest absolute Gasteiger partial charge is 0.591 e. The van der Waals surface area contributed by atoms with Gasteiger partial charge in [0, 0.05) is 18.5 Å². The zero-order valence-corrected chi connectivity index (χ0v) is 17.2. The molecule has 0 bridgehead atoms. The van der Waals surface area contributed by atoms with Gasteiger partial charge in [-0.25, -0.2) is 4.98 Å². The van der Waals surface area contributed by atoms with Crippen molar-refractivity contribution < 1.29 is 4.55 Å². The summed E-state index contributed by atoms with van der Waals surface area (Å²) in [7, 11) is 1.81. The highest BCUT2D eigenvalue weighted by atomic mass is 32.2. The van der Waals surface area contributed by atoms with E-state index < -0.39 is 16.1 Å². The van der Waals surface area contributed by atoms with E-state index in [2.05, 4.69) is 4.40 Å². The van der Waals surface area contributed by atoms with Gasteiger partial charge >= 0.3 is 0 Å². The van der Waals surface area contributed by atoms with E-state index in [1.807, 2.05) is 46.8 Å². The standard InChI is InChI=1S/C20H27N3O2S/c1-12-10-15(13(2)22-26(25)20(3,4)5)17-16(11-12)19(24)23(6)18(21-17)14-8-7-9-14/h10-11,14H,7-9H2,1-6H3. The molecule has 0 N–H and O–H groups in total. The third kappa shape index (κ3) is 3.45. The molecule has 1 aliphatic carbocycles. The van der Waals surface area contributed by atoms with Gasteiger partial charge in [0.25, 0.3) is 5.56 Å². The zero-order valence-electron chi connectivity index (χ0n) is 16.4. The Balaban J connectivity index is 2.23. The molecule has 0 amide bonds. The molecule has 0 saturated heterocycles. The molecule has 1 fully saturated rings. The van der Waals surface area contributed by atoms with Gasteiger partial charge in [-0.3, -0.25) is 9.36 Å². The van der Waals surface area contributed by atoms with Crippen LogP contribution in [-0.4, -0.2) is 24.6 Å².